The van der Waals surface area contributed by atoms with Crippen molar-refractivity contribution in [3.05, 3.63) is 93.5 Å². The van der Waals surface area contributed by atoms with Crippen molar-refractivity contribution in [1.29, 1.82) is 0 Å². The second-order valence-electron chi connectivity index (χ2n) is 8.24. The van der Waals surface area contributed by atoms with Gasteiger partial charge < -0.3 is 14.8 Å². The van der Waals surface area contributed by atoms with Crippen LogP contribution in [0.3, 0.4) is 0 Å². The van der Waals surface area contributed by atoms with E-state index < -0.39 is 17.9 Å². The van der Waals surface area contributed by atoms with Crippen LogP contribution in [0.15, 0.2) is 71.8 Å². The quantitative estimate of drug-likeness (QED) is 0.269. The van der Waals surface area contributed by atoms with Crippen molar-refractivity contribution in [1.82, 2.24) is 10.7 Å². The summed E-state index contributed by atoms with van der Waals surface area (Å²) in [5.41, 5.74) is 4.44. The molecule has 2 amide bonds. The summed E-state index contributed by atoms with van der Waals surface area (Å²) in [5.74, 6) is -0.0180. The summed E-state index contributed by atoms with van der Waals surface area (Å²) in [4.78, 5) is 25.4. The molecule has 0 aliphatic heterocycles. The van der Waals surface area contributed by atoms with Gasteiger partial charge in [0, 0.05) is 5.02 Å². The lowest BCUT2D eigenvalue weighted by atomic mass is 10.0. The smallest absolute Gasteiger partial charge is 0.262 e. The third-order valence-electron chi connectivity index (χ3n) is 5.22. The highest BCUT2D eigenvalue weighted by Gasteiger charge is 2.25. The first-order valence-electron chi connectivity index (χ1n) is 11.2. The van der Waals surface area contributed by atoms with E-state index in [1.807, 2.05) is 44.2 Å². The Labute approximate surface area is 220 Å². The van der Waals surface area contributed by atoms with E-state index >= 15 is 0 Å². The number of carbonyl (C=O) groups excluding carboxylic acids is 2. The van der Waals surface area contributed by atoms with Crippen LogP contribution in [-0.2, 0) is 11.4 Å². The van der Waals surface area contributed by atoms with Crippen LogP contribution in [0.2, 0.25) is 10.0 Å². The minimum absolute atomic E-state index is 0.198. The molecule has 1 atom stereocenters. The molecule has 0 aliphatic rings. The number of nitrogens with zero attached hydrogens (tertiary/aromatic N) is 1. The van der Waals surface area contributed by atoms with Gasteiger partial charge in [-0.3, -0.25) is 9.59 Å². The summed E-state index contributed by atoms with van der Waals surface area (Å²) in [6, 6.07) is 18.8. The highest BCUT2D eigenvalue weighted by Crippen LogP contribution is 2.28. The average molecular weight is 528 g/mol. The fraction of sp³-hybridized carbons (Fsp3) is 0.222. The fourth-order valence-corrected chi connectivity index (χ4v) is 3.78. The van der Waals surface area contributed by atoms with Crippen molar-refractivity contribution in [2.24, 2.45) is 11.0 Å². The second-order valence-corrected chi connectivity index (χ2v) is 9.08. The zero-order valence-corrected chi connectivity index (χ0v) is 21.6. The second kappa shape index (κ2) is 13.0. The van der Waals surface area contributed by atoms with Crippen LogP contribution in [0.5, 0.6) is 11.5 Å². The van der Waals surface area contributed by atoms with Crippen LogP contribution >= 0.6 is 23.2 Å². The van der Waals surface area contributed by atoms with E-state index in [-0.39, 0.29) is 16.5 Å². The van der Waals surface area contributed by atoms with Gasteiger partial charge in [0.05, 0.1) is 23.9 Å². The Kier molecular flexibility index (Phi) is 9.73. The largest absolute Gasteiger partial charge is 0.493 e. The summed E-state index contributed by atoms with van der Waals surface area (Å²) < 4.78 is 11.3. The zero-order chi connectivity index (χ0) is 26.1. The predicted octanol–water partition coefficient (Wildman–Crippen LogP) is 5.49. The van der Waals surface area contributed by atoms with Crippen molar-refractivity contribution in [2.45, 2.75) is 26.5 Å². The zero-order valence-electron chi connectivity index (χ0n) is 20.1. The molecule has 188 valence electrons. The first-order valence-corrected chi connectivity index (χ1v) is 12.0. The maximum absolute atomic E-state index is 12.7. The summed E-state index contributed by atoms with van der Waals surface area (Å²) in [5, 5.41) is 7.36. The van der Waals surface area contributed by atoms with E-state index in [1.165, 1.54) is 18.3 Å². The Morgan fingerprint density at radius 2 is 1.75 bits per heavy atom. The van der Waals surface area contributed by atoms with Crippen LogP contribution in [0, 0.1) is 5.92 Å². The number of halogens is 2. The highest BCUT2D eigenvalue weighted by atomic mass is 35.5. The summed E-state index contributed by atoms with van der Waals surface area (Å²) in [6.07, 6.45) is 1.48. The number of hydrogen-bond acceptors (Lipinski definition) is 5. The van der Waals surface area contributed by atoms with Gasteiger partial charge in [0.2, 0.25) is 0 Å². The topological polar surface area (TPSA) is 89.0 Å². The number of hydrazone groups is 1. The molecule has 1 unspecified atom stereocenters. The van der Waals surface area contributed by atoms with Gasteiger partial charge in [-0.15, -0.1) is 0 Å². The molecule has 2 N–H and O–H groups in total. The van der Waals surface area contributed by atoms with E-state index in [4.69, 9.17) is 32.7 Å². The minimum Gasteiger partial charge on any atom is -0.493 e. The lowest BCUT2D eigenvalue weighted by Crippen LogP contribution is -2.48. The fourth-order valence-electron chi connectivity index (χ4n) is 3.29. The van der Waals surface area contributed by atoms with Gasteiger partial charge in [-0.25, -0.2) is 5.43 Å². The van der Waals surface area contributed by atoms with Crippen LogP contribution in [0.1, 0.15) is 35.3 Å². The maximum atomic E-state index is 12.7. The Morgan fingerprint density at radius 3 is 2.42 bits per heavy atom. The number of ether oxygens (including phenoxy) is 2. The Hall–Kier alpha value is -3.55. The molecule has 0 spiro atoms. The standard InChI is InChI=1S/C27H27Cl2N3O4/c1-17(2)25(31-26(33)21-11-10-20(28)14-22(21)29)27(34)32-30-15-19-9-12-23(24(13-19)35-3)36-16-18-7-5-4-6-8-18/h4-15,17,25H,16H2,1-3H3,(H,31,33)(H,32,34)/b30-15-. The van der Waals surface area contributed by atoms with Gasteiger partial charge >= 0.3 is 0 Å². The Bertz CT molecular complexity index is 1230. The van der Waals surface area contributed by atoms with E-state index in [2.05, 4.69) is 15.8 Å². The van der Waals surface area contributed by atoms with Crippen molar-refractivity contribution >= 4 is 41.2 Å². The molecule has 0 radical (unpaired) electrons. The first kappa shape index (κ1) is 27.0. The van der Waals surface area contributed by atoms with Gasteiger partial charge in [-0.2, -0.15) is 5.10 Å². The van der Waals surface area contributed by atoms with Crippen molar-refractivity contribution in [2.75, 3.05) is 7.11 Å². The third-order valence-corrected chi connectivity index (χ3v) is 5.77. The van der Waals surface area contributed by atoms with Gasteiger partial charge in [-0.1, -0.05) is 67.4 Å². The van der Waals surface area contributed by atoms with Crippen molar-refractivity contribution in [3.63, 3.8) is 0 Å². The van der Waals surface area contributed by atoms with Crippen molar-refractivity contribution < 1.29 is 19.1 Å². The van der Waals surface area contributed by atoms with Gasteiger partial charge in [-0.05, 0) is 53.4 Å². The number of hydrogen-bond donors (Lipinski definition) is 2. The van der Waals surface area contributed by atoms with E-state index in [0.717, 1.165) is 5.56 Å². The summed E-state index contributed by atoms with van der Waals surface area (Å²) >= 11 is 12.0. The lowest BCUT2D eigenvalue weighted by molar-refractivity contribution is -0.123. The molecule has 7 nitrogen and oxygen atoms in total. The average Bonchev–Trinajstić information content (AvgIpc) is 2.86. The number of methoxy groups -OCH3 is 1. The monoisotopic (exact) mass is 527 g/mol. The molecular formula is C27H27Cl2N3O4. The molecule has 9 heteroatoms. The molecule has 0 aromatic heterocycles. The normalized spacial score (nSPS) is 11.8. The van der Waals surface area contributed by atoms with Crippen LogP contribution < -0.4 is 20.2 Å². The maximum Gasteiger partial charge on any atom is 0.262 e. The molecule has 3 aromatic carbocycles. The highest BCUT2D eigenvalue weighted by molar-refractivity contribution is 6.36. The minimum atomic E-state index is -0.829. The summed E-state index contributed by atoms with van der Waals surface area (Å²) in [7, 11) is 1.55. The Balaban J connectivity index is 1.62. The van der Waals surface area contributed by atoms with Crippen LogP contribution in [-0.4, -0.2) is 31.2 Å². The molecular weight excluding hydrogens is 501 g/mol. The molecule has 0 bridgehead atoms. The third kappa shape index (κ3) is 7.47. The molecule has 0 heterocycles. The number of amides is 2. The molecule has 0 aliphatic carbocycles. The Morgan fingerprint density at radius 1 is 1.00 bits per heavy atom. The molecule has 36 heavy (non-hydrogen) atoms. The molecule has 0 fully saturated rings. The van der Waals surface area contributed by atoms with E-state index in [1.54, 1.807) is 31.4 Å². The number of nitrogens with one attached hydrogen (secondary N) is 2. The van der Waals surface area contributed by atoms with E-state index in [0.29, 0.717) is 28.7 Å². The molecule has 0 saturated carbocycles. The summed E-state index contributed by atoms with van der Waals surface area (Å²) in [6.45, 7) is 4.04. The number of rotatable bonds is 10. The molecule has 3 rings (SSSR count). The van der Waals surface area contributed by atoms with Gasteiger partial charge in [0.1, 0.15) is 12.6 Å². The lowest BCUT2D eigenvalue weighted by Gasteiger charge is -2.20. The predicted molar refractivity (Wildman–Crippen MR) is 142 cm³/mol. The molecule has 3 aromatic rings. The first-order chi connectivity index (χ1) is 17.3. The van der Waals surface area contributed by atoms with Gasteiger partial charge in [0.25, 0.3) is 11.8 Å². The number of carbonyl (C=O) groups is 2. The van der Waals surface area contributed by atoms with E-state index in [9.17, 15) is 9.59 Å². The molecule has 0 saturated heterocycles. The number of benzene rings is 3. The van der Waals surface area contributed by atoms with Crippen molar-refractivity contribution in [3.8, 4) is 11.5 Å². The van der Waals surface area contributed by atoms with Crippen LogP contribution in [0.4, 0.5) is 0 Å². The SMILES string of the molecule is COc1cc(/C=N\NC(=O)C(NC(=O)c2ccc(Cl)cc2Cl)C(C)C)ccc1OCc1ccccc1. The van der Waals surface area contributed by atoms with Crippen LogP contribution in [0.25, 0.3) is 0 Å². The van der Waals surface area contributed by atoms with Gasteiger partial charge in [0.15, 0.2) is 11.5 Å².